The van der Waals surface area contributed by atoms with Gasteiger partial charge >= 0.3 is 5.97 Å². The molecule has 1 fully saturated rings. The van der Waals surface area contributed by atoms with Crippen LogP contribution in [0, 0.1) is 10.8 Å². The second kappa shape index (κ2) is 10.8. The third kappa shape index (κ3) is 5.57. The summed E-state index contributed by atoms with van der Waals surface area (Å²) in [7, 11) is 0. The van der Waals surface area contributed by atoms with Crippen LogP contribution in [0.3, 0.4) is 0 Å². The first-order valence-electron chi connectivity index (χ1n) is 13.2. The van der Waals surface area contributed by atoms with Gasteiger partial charge in [0.2, 0.25) is 0 Å². The van der Waals surface area contributed by atoms with Gasteiger partial charge in [-0.1, -0.05) is 30.3 Å². The van der Waals surface area contributed by atoms with E-state index in [1.807, 2.05) is 41.3 Å². The third-order valence-electron chi connectivity index (χ3n) is 7.72. The molecule has 0 bridgehead atoms. The molecule has 9 nitrogen and oxygen atoms in total. The van der Waals surface area contributed by atoms with Crippen LogP contribution in [0.5, 0.6) is 5.75 Å². The van der Waals surface area contributed by atoms with E-state index in [0.717, 1.165) is 53.6 Å². The summed E-state index contributed by atoms with van der Waals surface area (Å²) in [5.41, 5.74) is 8.41. The number of amides is 1. The number of rotatable bonds is 7. The van der Waals surface area contributed by atoms with E-state index in [-0.39, 0.29) is 24.3 Å². The van der Waals surface area contributed by atoms with E-state index in [2.05, 4.69) is 0 Å². The van der Waals surface area contributed by atoms with Crippen molar-refractivity contribution in [1.82, 2.24) is 9.80 Å². The van der Waals surface area contributed by atoms with Gasteiger partial charge in [0.15, 0.2) is 0 Å². The molecule has 3 aromatic rings. The van der Waals surface area contributed by atoms with E-state index in [4.69, 9.17) is 21.3 Å². The molecule has 0 saturated carbocycles. The number of hydrogen-bond donors (Lipinski definition) is 4. The molecule has 3 aromatic carbocycles. The molecule has 1 saturated heterocycles. The van der Waals surface area contributed by atoms with Crippen molar-refractivity contribution in [1.29, 1.82) is 10.8 Å². The zero-order chi connectivity index (χ0) is 27.7. The van der Waals surface area contributed by atoms with E-state index in [1.54, 1.807) is 25.1 Å². The van der Waals surface area contributed by atoms with Crippen LogP contribution in [0.15, 0.2) is 54.6 Å². The van der Waals surface area contributed by atoms with E-state index in [0.29, 0.717) is 29.9 Å². The molecule has 5 N–H and O–H groups in total. The average molecular weight is 528 g/mol. The Bertz CT molecular complexity index is 1460. The Morgan fingerprint density at radius 3 is 2.49 bits per heavy atom. The van der Waals surface area contributed by atoms with E-state index >= 15 is 0 Å². The van der Waals surface area contributed by atoms with E-state index in [9.17, 15) is 14.7 Å². The number of piperidine rings is 1. The van der Waals surface area contributed by atoms with Crippen LogP contribution >= 0.6 is 0 Å². The highest BCUT2D eigenvalue weighted by Crippen LogP contribution is 2.28. The van der Waals surface area contributed by atoms with Crippen LogP contribution in [0.2, 0.25) is 0 Å². The number of likely N-dealkylation sites (tertiary alicyclic amines) is 1. The lowest BCUT2D eigenvalue weighted by Crippen LogP contribution is -2.49. The van der Waals surface area contributed by atoms with Crippen LogP contribution in [0.25, 0.3) is 10.8 Å². The highest BCUT2D eigenvalue weighted by atomic mass is 16.5. The molecule has 0 spiro atoms. The van der Waals surface area contributed by atoms with Gasteiger partial charge < -0.3 is 25.4 Å². The number of carboxylic acids is 1. The number of hydrogen-bond acceptors (Lipinski definition) is 5. The third-order valence-corrected chi connectivity index (χ3v) is 7.72. The SMILES string of the molecule is CC(=N)N1CCC(Oc2ccc3c(c2)CCN(C(Cc2ccc4ccc(C(=N)N)cc4c2)C(=O)O)C3=O)CC1. The van der Waals surface area contributed by atoms with E-state index < -0.39 is 12.0 Å². The summed E-state index contributed by atoms with van der Waals surface area (Å²) in [6.45, 7) is 3.70. The summed E-state index contributed by atoms with van der Waals surface area (Å²) >= 11 is 0. The van der Waals surface area contributed by atoms with Crippen molar-refractivity contribution in [2.24, 2.45) is 5.73 Å². The number of nitrogens with one attached hydrogen (secondary N) is 2. The molecule has 9 heteroatoms. The molecule has 1 atom stereocenters. The fraction of sp³-hybridized carbons (Fsp3) is 0.333. The summed E-state index contributed by atoms with van der Waals surface area (Å²) in [6, 6.07) is 15.6. The van der Waals surface area contributed by atoms with Crippen molar-refractivity contribution in [3.8, 4) is 5.75 Å². The largest absolute Gasteiger partial charge is 0.490 e. The number of benzene rings is 3. The highest BCUT2D eigenvalue weighted by molar-refractivity contribution is 6.00. The highest BCUT2D eigenvalue weighted by Gasteiger charge is 2.34. The number of amidine groups is 2. The van der Waals surface area contributed by atoms with Gasteiger partial charge in [-0.3, -0.25) is 15.6 Å². The number of aliphatic carboxylic acids is 1. The van der Waals surface area contributed by atoms with Crippen LogP contribution in [-0.4, -0.2) is 70.2 Å². The molecule has 1 unspecified atom stereocenters. The minimum absolute atomic E-state index is 0.0277. The monoisotopic (exact) mass is 527 g/mol. The lowest BCUT2D eigenvalue weighted by atomic mass is 9.94. The molecular formula is C30H33N5O4. The minimum atomic E-state index is -1.05. The smallest absolute Gasteiger partial charge is 0.326 e. The molecule has 2 aliphatic heterocycles. The van der Waals surface area contributed by atoms with Crippen molar-refractivity contribution >= 4 is 34.3 Å². The molecule has 39 heavy (non-hydrogen) atoms. The topological polar surface area (TPSA) is 144 Å². The summed E-state index contributed by atoms with van der Waals surface area (Å²) in [5.74, 6) is -0.0656. The van der Waals surface area contributed by atoms with Gasteiger partial charge in [-0.2, -0.15) is 0 Å². The molecule has 2 aliphatic rings. The second-order valence-electron chi connectivity index (χ2n) is 10.3. The van der Waals surface area contributed by atoms with Crippen molar-refractivity contribution in [3.05, 3.63) is 76.9 Å². The normalized spacial score (nSPS) is 16.6. The maximum atomic E-state index is 13.4. The predicted molar refractivity (Wildman–Crippen MR) is 150 cm³/mol. The Balaban J connectivity index is 1.30. The maximum Gasteiger partial charge on any atom is 0.326 e. The Morgan fingerprint density at radius 2 is 1.79 bits per heavy atom. The lowest BCUT2D eigenvalue weighted by Gasteiger charge is -2.34. The van der Waals surface area contributed by atoms with Gasteiger partial charge in [0, 0.05) is 50.0 Å². The summed E-state index contributed by atoms with van der Waals surface area (Å²) < 4.78 is 6.20. The van der Waals surface area contributed by atoms with Crippen LogP contribution in [0.1, 0.15) is 46.8 Å². The molecule has 2 heterocycles. The molecule has 0 radical (unpaired) electrons. The number of nitrogens with two attached hydrogens (primary N) is 1. The first-order chi connectivity index (χ1) is 18.7. The summed E-state index contributed by atoms with van der Waals surface area (Å²) in [5, 5.41) is 27.4. The standard InChI is InChI=1S/C30H33N5O4/c1-18(31)34-11-9-24(10-12-34)39-25-6-7-26-21(17-25)8-13-35(29(26)36)27(30(37)38)15-19-2-3-20-4-5-22(28(32)33)16-23(20)14-19/h2-7,14,16-17,24,27,31H,8-13,15H2,1H3,(H3,32,33)(H,37,38). The number of carbonyl (C=O) groups is 2. The molecular weight excluding hydrogens is 494 g/mol. The molecule has 0 aliphatic carbocycles. The number of nitrogens with zero attached hydrogens (tertiary/aromatic N) is 2. The van der Waals surface area contributed by atoms with Crippen LogP contribution in [-0.2, 0) is 17.6 Å². The minimum Gasteiger partial charge on any atom is -0.490 e. The molecule has 5 rings (SSSR count). The van der Waals surface area contributed by atoms with Gasteiger partial charge in [0.05, 0.1) is 5.84 Å². The fourth-order valence-corrected chi connectivity index (χ4v) is 5.50. The average Bonchev–Trinajstić information content (AvgIpc) is 2.92. The van der Waals surface area contributed by atoms with Gasteiger partial charge in [0.1, 0.15) is 23.7 Å². The number of nitrogen functional groups attached to an aromatic ring is 1. The van der Waals surface area contributed by atoms with Crippen molar-refractivity contribution in [3.63, 3.8) is 0 Å². The second-order valence-corrected chi connectivity index (χ2v) is 10.3. The number of carbonyl (C=O) groups excluding carboxylic acids is 1. The number of carboxylic acid groups (broad SMARTS) is 1. The van der Waals surface area contributed by atoms with Gasteiger partial charge in [-0.25, -0.2) is 4.79 Å². The molecule has 202 valence electrons. The lowest BCUT2D eigenvalue weighted by molar-refractivity contribution is -0.142. The van der Waals surface area contributed by atoms with Crippen molar-refractivity contribution < 1.29 is 19.4 Å². The first kappa shape index (κ1) is 26.2. The van der Waals surface area contributed by atoms with Crippen molar-refractivity contribution in [2.45, 2.75) is 44.8 Å². The zero-order valence-corrected chi connectivity index (χ0v) is 21.9. The van der Waals surface area contributed by atoms with Crippen LogP contribution < -0.4 is 10.5 Å². The van der Waals surface area contributed by atoms with Gasteiger partial charge in [-0.15, -0.1) is 0 Å². The van der Waals surface area contributed by atoms with E-state index in [1.165, 1.54) is 4.90 Å². The summed E-state index contributed by atoms with van der Waals surface area (Å²) in [4.78, 5) is 29.3. The number of ether oxygens (including phenoxy) is 1. The number of fused-ring (bicyclic) bond motifs is 2. The molecule has 0 aromatic heterocycles. The Morgan fingerprint density at radius 1 is 1.05 bits per heavy atom. The summed E-state index contributed by atoms with van der Waals surface area (Å²) in [6.07, 6.45) is 2.47. The van der Waals surface area contributed by atoms with Crippen LogP contribution in [0.4, 0.5) is 0 Å². The van der Waals surface area contributed by atoms with Gasteiger partial charge in [0.25, 0.3) is 5.91 Å². The Kier molecular flexibility index (Phi) is 7.24. The maximum absolute atomic E-state index is 13.4. The van der Waals surface area contributed by atoms with Crippen molar-refractivity contribution in [2.75, 3.05) is 19.6 Å². The Labute approximate surface area is 227 Å². The zero-order valence-electron chi connectivity index (χ0n) is 21.9. The predicted octanol–water partition coefficient (Wildman–Crippen LogP) is 3.66. The Hall–Kier alpha value is -4.40. The molecule has 1 amide bonds. The fourth-order valence-electron chi connectivity index (χ4n) is 5.50. The first-order valence-corrected chi connectivity index (χ1v) is 13.2. The quantitative estimate of drug-likeness (QED) is 0.273. The van der Waals surface area contributed by atoms with Gasteiger partial charge in [-0.05, 0) is 59.5 Å².